The van der Waals surface area contributed by atoms with Gasteiger partial charge in [-0.2, -0.15) is 5.10 Å². The molecule has 22 heavy (non-hydrogen) atoms. The lowest BCUT2D eigenvalue weighted by atomic mass is 10.2. The Kier molecular flexibility index (Phi) is 3.86. The first-order valence-electron chi connectivity index (χ1n) is 7.03. The molecule has 114 valence electrons. The fourth-order valence-electron chi connectivity index (χ4n) is 2.35. The lowest BCUT2D eigenvalue weighted by Gasteiger charge is -2.10. The van der Waals surface area contributed by atoms with Gasteiger partial charge in [0.15, 0.2) is 0 Å². The van der Waals surface area contributed by atoms with Crippen LogP contribution in [-0.2, 0) is 7.05 Å². The Hall–Kier alpha value is -2.70. The van der Waals surface area contributed by atoms with Crippen molar-refractivity contribution in [1.29, 1.82) is 0 Å². The van der Waals surface area contributed by atoms with Gasteiger partial charge in [0, 0.05) is 26.2 Å². The molecule has 3 aromatic rings. The third-order valence-electron chi connectivity index (χ3n) is 3.34. The molecule has 2 aromatic heterocycles. The number of benzene rings is 1. The number of hydrogen-bond acceptors (Lipinski definition) is 5. The quantitative estimate of drug-likeness (QED) is 0.708. The van der Waals surface area contributed by atoms with Crippen molar-refractivity contribution in [1.82, 2.24) is 19.7 Å². The van der Waals surface area contributed by atoms with Crippen molar-refractivity contribution < 1.29 is 4.39 Å². The zero-order valence-corrected chi connectivity index (χ0v) is 12.5. The summed E-state index contributed by atoms with van der Waals surface area (Å²) in [5.41, 5.74) is 1.55. The summed E-state index contributed by atoms with van der Waals surface area (Å²) in [5, 5.41) is 11.1. The van der Waals surface area contributed by atoms with Gasteiger partial charge in [0.25, 0.3) is 0 Å². The summed E-state index contributed by atoms with van der Waals surface area (Å²) >= 11 is 0. The van der Waals surface area contributed by atoms with Gasteiger partial charge in [0.1, 0.15) is 23.8 Å². The maximum absolute atomic E-state index is 13.9. The van der Waals surface area contributed by atoms with Crippen molar-refractivity contribution >= 4 is 22.5 Å². The van der Waals surface area contributed by atoms with Gasteiger partial charge in [-0.05, 0) is 19.1 Å². The Morgan fingerprint density at radius 2 is 2.00 bits per heavy atom. The van der Waals surface area contributed by atoms with E-state index in [4.69, 9.17) is 0 Å². The van der Waals surface area contributed by atoms with Gasteiger partial charge in [-0.25, -0.2) is 14.4 Å². The monoisotopic (exact) mass is 300 g/mol. The summed E-state index contributed by atoms with van der Waals surface area (Å²) < 4.78 is 15.7. The smallest absolute Gasteiger partial charge is 0.140 e. The molecule has 0 fully saturated rings. The number of aryl methyl sites for hydroxylation is 2. The number of aromatic nitrogens is 4. The molecule has 3 rings (SSSR count). The lowest BCUT2D eigenvalue weighted by molar-refractivity contribution is 0.639. The van der Waals surface area contributed by atoms with Crippen LogP contribution in [0.2, 0.25) is 0 Å². The van der Waals surface area contributed by atoms with Crippen molar-refractivity contribution in [2.45, 2.75) is 6.92 Å². The van der Waals surface area contributed by atoms with Gasteiger partial charge < -0.3 is 10.6 Å². The second-order valence-electron chi connectivity index (χ2n) is 5.00. The van der Waals surface area contributed by atoms with Gasteiger partial charge in [0.05, 0.1) is 16.6 Å². The Bertz CT molecular complexity index is 793. The number of fused-ring (bicyclic) bond motifs is 1. The van der Waals surface area contributed by atoms with Crippen molar-refractivity contribution in [3.8, 4) is 0 Å². The van der Waals surface area contributed by atoms with Crippen LogP contribution in [0.1, 0.15) is 5.69 Å². The first kappa shape index (κ1) is 14.2. The van der Waals surface area contributed by atoms with Crippen LogP contribution in [0.4, 0.5) is 16.0 Å². The van der Waals surface area contributed by atoms with E-state index in [0.717, 1.165) is 11.5 Å². The third-order valence-corrected chi connectivity index (χ3v) is 3.34. The Morgan fingerprint density at radius 3 is 2.77 bits per heavy atom. The third kappa shape index (κ3) is 2.83. The van der Waals surface area contributed by atoms with Crippen LogP contribution in [0.25, 0.3) is 10.9 Å². The number of nitrogens with one attached hydrogen (secondary N) is 2. The van der Waals surface area contributed by atoms with E-state index >= 15 is 0 Å². The van der Waals surface area contributed by atoms with Crippen LogP contribution in [0.15, 0.2) is 30.6 Å². The number of hydrogen-bond donors (Lipinski definition) is 2. The summed E-state index contributed by atoms with van der Waals surface area (Å²) in [6.45, 7) is 3.21. The van der Waals surface area contributed by atoms with E-state index in [9.17, 15) is 4.39 Å². The Labute approximate surface area is 127 Å². The second-order valence-corrected chi connectivity index (χ2v) is 5.00. The molecule has 1 aromatic carbocycles. The van der Waals surface area contributed by atoms with E-state index in [-0.39, 0.29) is 5.82 Å². The van der Waals surface area contributed by atoms with E-state index in [1.165, 1.54) is 12.4 Å². The van der Waals surface area contributed by atoms with Crippen LogP contribution in [-0.4, -0.2) is 32.8 Å². The highest BCUT2D eigenvalue weighted by Crippen LogP contribution is 2.21. The molecule has 0 atom stereocenters. The zero-order valence-electron chi connectivity index (χ0n) is 12.5. The zero-order chi connectivity index (χ0) is 15.5. The molecule has 0 radical (unpaired) electrons. The number of anilines is 2. The molecule has 2 N–H and O–H groups in total. The fraction of sp³-hybridized carbons (Fsp3) is 0.267. The van der Waals surface area contributed by atoms with Gasteiger partial charge in [0.2, 0.25) is 0 Å². The molecule has 0 aliphatic heterocycles. The topological polar surface area (TPSA) is 67.7 Å². The summed E-state index contributed by atoms with van der Waals surface area (Å²) in [7, 11) is 1.88. The fourth-order valence-corrected chi connectivity index (χ4v) is 2.35. The van der Waals surface area contributed by atoms with Crippen LogP contribution in [0.5, 0.6) is 0 Å². The molecular formula is C15H17FN6. The van der Waals surface area contributed by atoms with E-state index in [1.807, 2.05) is 20.0 Å². The highest BCUT2D eigenvalue weighted by atomic mass is 19.1. The predicted molar refractivity (Wildman–Crippen MR) is 84.4 cm³/mol. The maximum Gasteiger partial charge on any atom is 0.140 e. The minimum Gasteiger partial charge on any atom is -0.369 e. The molecule has 0 saturated heterocycles. The molecule has 2 heterocycles. The molecule has 0 amide bonds. The summed E-state index contributed by atoms with van der Waals surface area (Å²) in [5.74, 6) is 1.12. The van der Waals surface area contributed by atoms with Crippen molar-refractivity contribution in [3.05, 3.63) is 42.1 Å². The largest absolute Gasteiger partial charge is 0.369 e. The molecule has 0 bridgehead atoms. The van der Waals surface area contributed by atoms with Crippen molar-refractivity contribution in [2.24, 2.45) is 7.05 Å². The first-order chi connectivity index (χ1) is 10.6. The number of rotatable bonds is 5. The van der Waals surface area contributed by atoms with Crippen molar-refractivity contribution in [3.63, 3.8) is 0 Å². The Balaban J connectivity index is 1.66. The standard InChI is InChI=1S/C15H17FN6/c1-10-8-13(22(2)21-10)17-6-7-18-15-14-11(16)4-3-5-12(14)19-9-20-15/h3-5,8-9,17H,6-7H2,1-2H3,(H,18,19,20). The lowest BCUT2D eigenvalue weighted by Crippen LogP contribution is -2.16. The van der Waals surface area contributed by atoms with E-state index < -0.39 is 0 Å². The van der Waals surface area contributed by atoms with E-state index in [1.54, 1.807) is 16.8 Å². The molecule has 0 spiro atoms. The molecule has 0 saturated carbocycles. The molecular weight excluding hydrogens is 283 g/mol. The normalized spacial score (nSPS) is 10.9. The minimum absolute atomic E-state index is 0.323. The number of halogens is 1. The molecule has 0 aliphatic carbocycles. The van der Waals surface area contributed by atoms with Crippen LogP contribution < -0.4 is 10.6 Å². The summed E-state index contributed by atoms with van der Waals surface area (Å²) in [4.78, 5) is 8.20. The number of nitrogens with zero attached hydrogens (tertiary/aromatic N) is 4. The average Bonchev–Trinajstić information content (AvgIpc) is 2.82. The van der Waals surface area contributed by atoms with E-state index in [0.29, 0.717) is 29.8 Å². The summed E-state index contributed by atoms with van der Waals surface area (Å²) in [6, 6.07) is 6.79. The van der Waals surface area contributed by atoms with Crippen LogP contribution >= 0.6 is 0 Å². The van der Waals surface area contributed by atoms with Crippen LogP contribution in [0, 0.1) is 12.7 Å². The van der Waals surface area contributed by atoms with Crippen LogP contribution in [0.3, 0.4) is 0 Å². The SMILES string of the molecule is Cc1cc(NCCNc2ncnc3cccc(F)c23)n(C)n1. The van der Waals surface area contributed by atoms with Gasteiger partial charge >= 0.3 is 0 Å². The molecule has 0 unspecified atom stereocenters. The summed E-state index contributed by atoms with van der Waals surface area (Å²) in [6.07, 6.45) is 1.43. The van der Waals surface area contributed by atoms with Gasteiger partial charge in [-0.15, -0.1) is 0 Å². The van der Waals surface area contributed by atoms with Crippen molar-refractivity contribution in [2.75, 3.05) is 23.7 Å². The predicted octanol–water partition coefficient (Wildman–Crippen LogP) is 2.33. The molecule has 7 heteroatoms. The van der Waals surface area contributed by atoms with E-state index in [2.05, 4.69) is 25.7 Å². The minimum atomic E-state index is -0.323. The molecule has 6 nitrogen and oxygen atoms in total. The molecule has 0 aliphatic rings. The first-order valence-corrected chi connectivity index (χ1v) is 7.03. The van der Waals surface area contributed by atoms with Gasteiger partial charge in [-0.1, -0.05) is 6.07 Å². The maximum atomic E-state index is 13.9. The second kappa shape index (κ2) is 5.97. The Morgan fingerprint density at radius 1 is 1.18 bits per heavy atom. The highest BCUT2D eigenvalue weighted by Gasteiger charge is 2.08. The van der Waals surface area contributed by atoms with Gasteiger partial charge in [-0.3, -0.25) is 4.68 Å². The average molecular weight is 300 g/mol. The highest BCUT2D eigenvalue weighted by molar-refractivity contribution is 5.89.